The van der Waals surface area contributed by atoms with Crippen LogP contribution in [0.4, 0.5) is 0 Å². The largest absolute Gasteiger partial charge is 0.480 e. The molecule has 0 aromatic rings. The van der Waals surface area contributed by atoms with Gasteiger partial charge < -0.3 is 15.9 Å². The van der Waals surface area contributed by atoms with Crippen molar-refractivity contribution in [1.82, 2.24) is 0 Å². The Morgan fingerprint density at radius 1 is 1.29 bits per heavy atom. The summed E-state index contributed by atoms with van der Waals surface area (Å²) in [7, 11) is 0. The fourth-order valence-corrected chi connectivity index (χ4v) is 1.92. The van der Waals surface area contributed by atoms with Crippen LogP contribution in [-0.4, -0.2) is 40.3 Å². The van der Waals surface area contributed by atoms with E-state index in [1.54, 1.807) is 11.8 Å². The summed E-state index contributed by atoms with van der Waals surface area (Å²) in [6.45, 7) is 0.261. The van der Waals surface area contributed by atoms with Gasteiger partial charge in [-0.3, -0.25) is 4.79 Å². The van der Waals surface area contributed by atoms with E-state index in [4.69, 9.17) is 15.9 Å². The van der Waals surface area contributed by atoms with Crippen molar-refractivity contribution >= 4 is 17.7 Å². The second-order valence-electron chi connectivity index (χ2n) is 3.16. The molecule has 1 atom stereocenters. The number of aliphatic carboxylic acids is 1. The normalized spacial score (nSPS) is 12.7. The predicted molar refractivity (Wildman–Crippen MR) is 58.5 cm³/mol. The first-order chi connectivity index (χ1) is 6.68. The zero-order valence-electron chi connectivity index (χ0n) is 8.32. The minimum Gasteiger partial charge on any atom is -0.480 e. The van der Waals surface area contributed by atoms with E-state index in [1.807, 2.05) is 0 Å². The van der Waals surface area contributed by atoms with Crippen molar-refractivity contribution in [3.8, 4) is 0 Å². The molecule has 0 saturated carbocycles. The van der Waals surface area contributed by atoms with Crippen LogP contribution in [0.25, 0.3) is 0 Å². The highest BCUT2D eigenvalue weighted by Gasteiger charge is 2.09. The average Bonchev–Trinajstić information content (AvgIpc) is 2.16. The summed E-state index contributed by atoms with van der Waals surface area (Å²) in [5.74, 6) is 0.500. The average molecular weight is 221 g/mol. The molecule has 0 aliphatic carbocycles. The molecule has 0 aliphatic rings. The molecule has 0 radical (unpaired) electrons. The number of thioether (sulfide) groups is 1. The predicted octanol–water partition coefficient (Wildman–Crippen LogP) is 0.684. The van der Waals surface area contributed by atoms with Gasteiger partial charge in [0, 0.05) is 12.4 Å². The fraction of sp³-hybridized carbons (Fsp3) is 0.889. The molecule has 0 aliphatic heterocycles. The number of carboxylic acids is 1. The quantitative estimate of drug-likeness (QED) is 0.499. The molecule has 0 rings (SSSR count). The summed E-state index contributed by atoms with van der Waals surface area (Å²) < 4.78 is 0. The smallest absolute Gasteiger partial charge is 0.321 e. The van der Waals surface area contributed by atoms with Gasteiger partial charge in [0.2, 0.25) is 0 Å². The van der Waals surface area contributed by atoms with Crippen molar-refractivity contribution in [3.05, 3.63) is 0 Å². The highest BCUT2D eigenvalue weighted by molar-refractivity contribution is 7.99. The van der Waals surface area contributed by atoms with Crippen LogP contribution in [0.2, 0.25) is 0 Å². The maximum Gasteiger partial charge on any atom is 0.321 e. The number of hydrogen-bond acceptors (Lipinski definition) is 4. The number of aliphatic hydroxyl groups is 1. The Kier molecular flexibility index (Phi) is 9.13. The van der Waals surface area contributed by atoms with Crippen LogP contribution in [0, 0.1) is 0 Å². The molecule has 0 aromatic carbocycles. The van der Waals surface area contributed by atoms with Gasteiger partial charge in [0.25, 0.3) is 0 Å². The molecule has 0 unspecified atom stereocenters. The summed E-state index contributed by atoms with van der Waals surface area (Å²) >= 11 is 1.58. The molecule has 5 heteroatoms. The Morgan fingerprint density at radius 2 is 1.93 bits per heavy atom. The molecule has 14 heavy (non-hydrogen) atoms. The van der Waals surface area contributed by atoms with E-state index in [1.165, 1.54) is 0 Å². The Balaban J connectivity index is 3.09. The van der Waals surface area contributed by atoms with E-state index in [9.17, 15) is 4.79 Å². The van der Waals surface area contributed by atoms with E-state index in [-0.39, 0.29) is 6.61 Å². The summed E-state index contributed by atoms with van der Waals surface area (Å²) in [6.07, 6.45) is 4.06. The minimum atomic E-state index is -0.933. The zero-order valence-corrected chi connectivity index (χ0v) is 9.13. The van der Waals surface area contributed by atoms with E-state index >= 15 is 0 Å². The molecular weight excluding hydrogens is 202 g/mol. The maximum absolute atomic E-state index is 10.3. The van der Waals surface area contributed by atoms with Gasteiger partial charge >= 0.3 is 5.97 Å². The van der Waals surface area contributed by atoms with Crippen LogP contribution >= 0.6 is 11.8 Å². The Labute approximate surface area is 88.9 Å². The highest BCUT2D eigenvalue weighted by Crippen LogP contribution is 2.08. The van der Waals surface area contributed by atoms with Crippen molar-refractivity contribution < 1.29 is 15.0 Å². The number of unbranched alkanes of at least 4 members (excludes halogenated alkanes) is 3. The Hall–Kier alpha value is -0.260. The van der Waals surface area contributed by atoms with Gasteiger partial charge in [0.05, 0.1) is 0 Å². The lowest BCUT2D eigenvalue weighted by Gasteiger charge is -2.05. The lowest BCUT2D eigenvalue weighted by molar-refractivity contribution is -0.137. The summed E-state index contributed by atoms with van der Waals surface area (Å²) in [5.41, 5.74) is 5.33. The number of hydrogen-bond donors (Lipinski definition) is 3. The second-order valence-corrected chi connectivity index (χ2v) is 4.31. The first kappa shape index (κ1) is 13.7. The molecular formula is C9H19NO3S. The van der Waals surface area contributed by atoms with Gasteiger partial charge in [-0.25, -0.2) is 0 Å². The van der Waals surface area contributed by atoms with Crippen molar-refractivity contribution in [2.45, 2.75) is 31.7 Å². The minimum absolute atomic E-state index is 0.261. The maximum atomic E-state index is 10.3. The molecule has 0 bridgehead atoms. The molecule has 0 saturated heterocycles. The molecule has 4 N–H and O–H groups in total. The van der Waals surface area contributed by atoms with Gasteiger partial charge in [-0.2, -0.15) is 11.8 Å². The lowest BCUT2D eigenvalue weighted by atomic mass is 10.2. The number of rotatable bonds is 9. The van der Waals surface area contributed by atoms with Crippen LogP contribution < -0.4 is 5.73 Å². The van der Waals surface area contributed by atoms with Crippen LogP contribution in [-0.2, 0) is 4.79 Å². The third kappa shape index (κ3) is 8.34. The Bertz CT molecular complexity index is 155. The fourth-order valence-electron chi connectivity index (χ4n) is 0.951. The summed E-state index contributed by atoms with van der Waals surface area (Å²) in [5, 5.41) is 17.0. The second kappa shape index (κ2) is 9.30. The lowest BCUT2D eigenvalue weighted by Crippen LogP contribution is -2.32. The standard InChI is InChI=1S/C9H19NO3S/c10-8(9(12)13)7-14-6-4-2-1-3-5-11/h8,11H,1-7,10H2,(H,12,13)/t8-/m0/s1. The molecule has 0 fully saturated rings. The number of nitrogens with two attached hydrogens (primary N) is 1. The third-order valence-electron chi connectivity index (χ3n) is 1.81. The summed E-state index contributed by atoms with van der Waals surface area (Å²) in [6, 6.07) is -0.738. The van der Waals surface area contributed by atoms with Crippen molar-refractivity contribution in [3.63, 3.8) is 0 Å². The molecule has 0 amide bonds. The SMILES string of the molecule is N[C@@H](CSCCCCCCO)C(=O)O. The van der Waals surface area contributed by atoms with E-state index in [0.717, 1.165) is 31.4 Å². The molecule has 0 heterocycles. The van der Waals surface area contributed by atoms with Gasteiger partial charge in [0.15, 0.2) is 0 Å². The van der Waals surface area contributed by atoms with Gasteiger partial charge in [0.1, 0.15) is 6.04 Å². The van der Waals surface area contributed by atoms with Crippen molar-refractivity contribution in [2.24, 2.45) is 5.73 Å². The van der Waals surface area contributed by atoms with E-state index < -0.39 is 12.0 Å². The molecule has 4 nitrogen and oxygen atoms in total. The van der Waals surface area contributed by atoms with Gasteiger partial charge in [-0.05, 0) is 18.6 Å². The molecule has 84 valence electrons. The van der Waals surface area contributed by atoms with Crippen molar-refractivity contribution in [1.29, 1.82) is 0 Å². The van der Waals surface area contributed by atoms with Gasteiger partial charge in [-0.1, -0.05) is 12.8 Å². The van der Waals surface area contributed by atoms with E-state index in [0.29, 0.717) is 5.75 Å². The van der Waals surface area contributed by atoms with Crippen molar-refractivity contribution in [2.75, 3.05) is 18.1 Å². The molecule has 0 aromatic heterocycles. The summed E-state index contributed by atoms with van der Waals surface area (Å²) in [4.78, 5) is 10.3. The van der Waals surface area contributed by atoms with Crippen LogP contribution in [0.1, 0.15) is 25.7 Å². The van der Waals surface area contributed by atoms with Gasteiger partial charge in [-0.15, -0.1) is 0 Å². The Morgan fingerprint density at radius 3 is 2.50 bits per heavy atom. The number of carboxylic acid groups (broad SMARTS) is 1. The first-order valence-electron chi connectivity index (χ1n) is 4.85. The monoisotopic (exact) mass is 221 g/mol. The van der Waals surface area contributed by atoms with Crippen LogP contribution in [0.15, 0.2) is 0 Å². The van der Waals surface area contributed by atoms with Crippen LogP contribution in [0.3, 0.4) is 0 Å². The zero-order chi connectivity index (χ0) is 10.8. The third-order valence-corrected chi connectivity index (χ3v) is 2.98. The molecule has 0 spiro atoms. The highest BCUT2D eigenvalue weighted by atomic mass is 32.2. The number of aliphatic hydroxyl groups excluding tert-OH is 1. The first-order valence-corrected chi connectivity index (χ1v) is 6.01. The van der Waals surface area contributed by atoms with Crippen LogP contribution in [0.5, 0.6) is 0 Å². The number of carbonyl (C=O) groups is 1. The van der Waals surface area contributed by atoms with E-state index in [2.05, 4.69) is 0 Å². The topological polar surface area (TPSA) is 83.5 Å².